The van der Waals surface area contributed by atoms with Crippen LogP contribution in [0.4, 0.5) is 0 Å². The van der Waals surface area contributed by atoms with E-state index in [0.29, 0.717) is 6.61 Å². The zero-order valence-corrected chi connectivity index (χ0v) is 12.0. The van der Waals surface area contributed by atoms with Gasteiger partial charge in [0.1, 0.15) is 5.75 Å². The zero-order valence-electron chi connectivity index (χ0n) is 10.4. The molecule has 0 bridgehead atoms. The monoisotopic (exact) mass is 281 g/mol. The van der Waals surface area contributed by atoms with Gasteiger partial charge in [-0.2, -0.15) is 0 Å². The predicted octanol–water partition coefficient (Wildman–Crippen LogP) is 4.16. The molecule has 4 heteroatoms. The van der Waals surface area contributed by atoms with Crippen LogP contribution in [0.15, 0.2) is 30.3 Å². The lowest BCUT2D eigenvalue weighted by molar-refractivity contribution is 0.335. The van der Waals surface area contributed by atoms with Crippen LogP contribution >= 0.6 is 22.9 Å². The topological polar surface area (TPSA) is 35.2 Å². The Bertz CT molecular complexity index is 538. The van der Waals surface area contributed by atoms with Crippen LogP contribution in [-0.2, 0) is 0 Å². The second-order valence-electron chi connectivity index (χ2n) is 4.09. The maximum Gasteiger partial charge on any atom is 0.124 e. The highest BCUT2D eigenvalue weighted by molar-refractivity contribution is 7.16. The van der Waals surface area contributed by atoms with Gasteiger partial charge >= 0.3 is 0 Å². The molecule has 0 aliphatic rings. The summed E-state index contributed by atoms with van der Waals surface area (Å²) in [6.07, 6.45) is 0. The molecule has 0 spiro atoms. The summed E-state index contributed by atoms with van der Waals surface area (Å²) in [5, 5.41) is 0. The second-order valence-corrected chi connectivity index (χ2v) is 5.84. The van der Waals surface area contributed by atoms with Crippen LogP contribution in [0.1, 0.15) is 29.0 Å². The molecule has 18 heavy (non-hydrogen) atoms. The summed E-state index contributed by atoms with van der Waals surface area (Å²) in [5.74, 6) is 0.847. The average molecular weight is 282 g/mol. The van der Waals surface area contributed by atoms with Crippen molar-refractivity contribution in [3.8, 4) is 5.75 Å². The summed E-state index contributed by atoms with van der Waals surface area (Å²) >= 11 is 7.46. The second kappa shape index (κ2) is 5.74. The van der Waals surface area contributed by atoms with Crippen LogP contribution in [0.5, 0.6) is 5.75 Å². The van der Waals surface area contributed by atoms with E-state index in [1.54, 1.807) is 0 Å². The smallest absolute Gasteiger partial charge is 0.124 e. The zero-order chi connectivity index (χ0) is 13.1. The summed E-state index contributed by atoms with van der Waals surface area (Å²) in [4.78, 5) is 1.05. The molecule has 2 N–H and O–H groups in total. The third-order valence-electron chi connectivity index (χ3n) is 2.70. The highest BCUT2D eigenvalue weighted by atomic mass is 35.5. The Balaban J connectivity index is 2.39. The molecule has 0 radical (unpaired) electrons. The molecule has 2 aromatic rings. The van der Waals surface area contributed by atoms with Crippen molar-refractivity contribution in [1.82, 2.24) is 0 Å². The highest BCUT2D eigenvalue weighted by Crippen LogP contribution is 2.34. The lowest BCUT2D eigenvalue weighted by Crippen LogP contribution is -2.12. The van der Waals surface area contributed by atoms with Gasteiger partial charge < -0.3 is 10.5 Å². The number of thiophene rings is 1. The van der Waals surface area contributed by atoms with E-state index in [4.69, 9.17) is 22.1 Å². The summed E-state index contributed by atoms with van der Waals surface area (Å²) < 4.78 is 6.39. The summed E-state index contributed by atoms with van der Waals surface area (Å²) in [7, 11) is 0. The largest absolute Gasteiger partial charge is 0.494 e. The van der Waals surface area contributed by atoms with Crippen LogP contribution in [0, 0.1) is 6.92 Å². The van der Waals surface area contributed by atoms with E-state index in [1.165, 1.54) is 16.9 Å². The molecule has 0 aliphatic carbocycles. The van der Waals surface area contributed by atoms with E-state index >= 15 is 0 Å². The molecular weight excluding hydrogens is 266 g/mol. The van der Waals surface area contributed by atoms with E-state index < -0.39 is 0 Å². The van der Waals surface area contributed by atoms with E-state index in [-0.39, 0.29) is 6.04 Å². The van der Waals surface area contributed by atoms with Crippen molar-refractivity contribution >= 4 is 22.9 Å². The Morgan fingerprint density at radius 2 is 2.11 bits per heavy atom. The molecule has 1 aromatic carbocycles. The first-order valence-electron chi connectivity index (χ1n) is 5.86. The fraction of sp³-hybridized carbons (Fsp3) is 0.286. The number of hydrogen-bond donors (Lipinski definition) is 1. The van der Waals surface area contributed by atoms with Gasteiger partial charge in [0.05, 0.1) is 17.0 Å². The fourth-order valence-corrected chi connectivity index (χ4v) is 2.93. The number of halogens is 1. The third kappa shape index (κ3) is 2.86. The van der Waals surface area contributed by atoms with Crippen LogP contribution in [0.2, 0.25) is 4.34 Å². The normalized spacial score (nSPS) is 12.4. The molecule has 0 amide bonds. The minimum atomic E-state index is -0.191. The van der Waals surface area contributed by atoms with Crippen LogP contribution < -0.4 is 10.5 Å². The van der Waals surface area contributed by atoms with Gasteiger partial charge in [-0.25, -0.2) is 0 Å². The molecular formula is C14H16ClNOS. The molecule has 0 aliphatic heterocycles. The van der Waals surface area contributed by atoms with Crippen LogP contribution in [-0.4, -0.2) is 6.61 Å². The molecule has 1 unspecified atom stereocenters. The van der Waals surface area contributed by atoms with Gasteiger partial charge in [0, 0.05) is 10.4 Å². The van der Waals surface area contributed by atoms with E-state index in [0.717, 1.165) is 20.5 Å². The number of nitrogens with two attached hydrogens (primary N) is 1. The van der Waals surface area contributed by atoms with E-state index in [1.807, 2.05) is 38.1 Å². The highest BCUT2D eigenvalue weighted by Gasteiger charge is 2.16. The number of benzene rings is 1. The minimum Gasteiger partial charge on any atom is -0.494 e. The Morgan fingerprint density at radius 3 is 2.72 bits per heavy atom. The van der Waals surface area contributed by atoms with Crippen molar-refractivity contribution in [1.29, 1.82) is 0 Å². The Labute approximate surface area is 116 Å². The molecule has 2 nitrogen and oxygen atoms in total. The standard InChI is InChI=1S/C14H16ClNOS/c1-3-17-11-5-4-9(2)8-10(11)14(16)12-6-7-13(15)18-12/h4-8,14H,3,16H2,1-2H3. The summed E-state index contributed by atoms with van der Waals surface area (Å²) in [6.45, 7) is 4.65. The van der Waals surface area contributed by atoms with Gasteiger partial charge in [0.15, 0.2) is 0 Å². The van der Waals surface area contributed by atoms with Gasteiger partial charge in [-0.3, -0.25) is 0 Å². The first-order chi connectivity index (χ1) is 8.61. The average Bonchev–Trinajstić information content (AvgIpc) is 2.77. The molecule has 1 aromatic heterocycles. The van der Waals surface area contributed by atoms with Gasteiger partial charge in [-0.15, -0.1) is 11.3 Å². The van der Waals surface area contributed by atoms with Crippen molar-refractivity contribution in [2.75, 3.05) is 6.61 Å². The van der Waals surface area contributed by atoms with Crippen LogP contribution in [0.3, 0.4) is 0 Å². The van der Waals surface area contributed by atoms with Gasteiger partial charge in [0.2, 0.25) is 0 Å². The fourth-order valence-electron chi connectivity index (χ4n) is 1.85. The summed E-state index contributed by atoms with van der Waals surface area (Å²) in [5.41, 5.74) is 8.48. The Morgan fingerprint density at radius 1 is 1.33 bits per heavy atom. The summed E-state index contributed by atoms with van der Waals surface area (Å²) in [6, 6.07) is 9.73. The first-order valence-corrected chi connectivity index (χ1v) is 7.05. The number of hydrogen-bond acceptors (Lipinski definition) is 3. The minimum absolute atomic E-state index is 0.191. The quantitative estimate of drug-likeness (QED) is 0.913. The number of rotatable bonds is 4. The van der Waals surface area contributed by atoms with E-state index in [9.17, 15) is 0 Å². The molecule has 1 heterocycles. The molecule has 96 valence electrons. The van der Waals surface area contributed by atoms with Gasteiger partial charge in [-0.1, -0.05) is 29.3 Å². The first kappa shape index (κ1) is 13.4. The number of ether oxygens (including phenoxy) is 1. The molecule has 0 saturated carbocycles. The van der Waals surface area contributed by atoms with Crippen molar-refractivity contribution in [3.05, 3.63) is 50.7 Å². The maximum atomic E-state index is 6.30. The molecule has 1 atom stereocenters. The third-order valence-corrected chi connectivity index (χ3v) is 4.01. The lowest BCUT2D eigenvalue weighted by atomic mass is 10.0. The maximum absolute atomic E-state index is 6.30. The number of aryl methyl sites for hydroxylation is 1. The van der Waals surface area contributed by atoms with Gasteiger partial charge in [-0.05, 0) is 32.0 Å². The van der Waals surface area contributed by atoms with Crippen molar-refractivity contribution in [3.63, 3.8) is 0 Å². The molecule has 0 fully saturated rings. The SMILES string of the molecule is CCOc1ccc(C)cc1C(N)c1ccc(Cl)s1. The Hall–Kier alpha value is -1.03. The van der Waals surface area contributed by atoms with E-state index in [2.05, 4.69) is 6.07 Å². The van der Waals surface area contributed by atoms with Crippen molar-refractivity contribution in [2.24, 2.45) is 5.73 Å². The lowest BCUT2D eigenvalue weighted by Gasteiger charge is -2.16. The van der Waals surface area contributed by atoms with Gasteiger partial charge in [0.25, 0.3) is 0 Å². The Kier molecular flexibility index (Phi) is 4.27. The van der Waals surface area contributed by atoms with Crippen molar-refractivity contribution in [2.45, 2.75) is 19.9 Å². The molecule has 2 rings (SSSR count). The predicted molar refractivity (Wildman–Crippen MR) is 77.7 cm³/mol. The molecule has 0 saturated heterocycles. The van der Waals surface area contributed by atoms with Crippen molar-refractivity contribution < 1.29 is 4.74 Å². The van der Waals surface area contributed by atoms with Crippen LogP contribution in [0.25, 0.3) is 0 Å².